The molecule has 0 saturated carbocycles. The van der Waals surface area contributed by atoms with Crippen LogP contribution in [0.2, 0.25) is 0 Å². The zero-order valence-electron chi connectivity index (χ0n) is 11.8. The minimum Gasteiger partial charge on any atom is -0.492 e. The van der Waals surface area contributed by atoms with Crippen molar-refractivity contribution in [1.82, 2.24) is 0 Å². The maximum Gasteiger partial charge on any atom is 0.342 e. The van der Waals surface area contributed by atoms with Crippen LogP contribution in [0.1, 0.15) is 5.56 Å². The highest BCUT2D eigenvalue weighted by atomic mass is 35.5. The van der Waals surface area contributed by atoms with Gasteiger partial charge in [0.05, 0.1) is 5.88 Å². The molecule has 2 aromatic rings. The van der Waals surface area contributed by atoms with E-state index in [-0.39, 0.29) is 12.4 Å². The van der Waals surface area contributed by atoms with Gasteiger partial charge in [0.15, 0.2) is 0 Å². The summed E-state index contributed by atoms with van der Waals surface area (Å²) < 4.78 is 48.2. The number of rotatable bonds is 6. The number of halogens is 2. The molecule has 4 nitrogen and oxygen atoms in total. The molecule has 0 bridgehead atoms. The van der Waals surface area contributed by atoms with Gasteiger partial charge in [-0.2, -0.15) is 8.42 Å². The number of benzene rings is 2. The van der Waals surface area contributed by atoms with Gasteiger partial charge in [0.25, 0.3) is 0 Å². The van der Waals surface area contributed by atoms with Crippen LogP contribution >= 0.6 is 11.6 Å². The molecule has 2 aromatic carbocycles. The first-order valence-electron chi connectivity index (χ1n) is 6.42. The molecule has 22 heavy (non-hydrogen) atoms. The van der Waals surface area contributed by atoms with E-state index >= 15 is 0 Å². The summed E-state index contributed by atoms with van der Waals surface area (Å²) in [5.41, 5.74) is 0.741. The summed E-state index contributed by atoms with van der Waals surface area (Å²) in [6.07, 6.45) is 0. The minimum absolute atomic E-state index is 0.0489. The van der Waals surface area contributed by atoms with Crippen LogP contribution in [0.3, 0.4) is 0 Å². The standard InChI is InChI=1S/C15H14ClFO4S/c1-11-8-12(20-7-6-16)10-13(9-11)21-22(18,19)15-5-3-2-4-14(15)17/h2-5,8-10H,6-7H2,1H3. The summed E-state index contributed by atoms with van der Waals surface area (Å²) in [6, 6.07) is 9.68. The van der Waals surface area contributed by atoms with Gasteiger partial charge in [0, 0.05) is 6.07 Å². The molecule has 0 radical (unpaired) electrons. The van der Waals surface area contributed by atoms with E-state index in [0.29, 0.717) is 11.6 Å². The fourth-order valence-electron chi connectivity index (χ4n) is 1.82. The van der Waals surface area contributed by atoms with Gasteiger partial charge in [0.2, 0.25) is 0 Å². The van der Waals surface area contributed by atoms with Gasteiger partial charge < -0.3 is 8.92 Å². The molecule has 0 N–H and O–H groups in total. The highest BCUT2D eigenvalue weighted by molar-refractivity contribution is 7.87. The molecule has 0 aliphatic carbocycles. The third kappa shape index (κ3) is 4.11. The van der Waals surface area contributed by atoms with Crippen molar-refractivity contribution in [2.45, 2.75) is 11.8 Å². The monoisotopic (exact) mass is 344 g/mol. The lowest BCUT2D eigenvalue weighted by Crippen LogP contribution is -2.11. The second kappa shape index (κ2) is 6.98. The molecule has 7 heteroatoms. The number of hydrogen-bond donors (Lipinski definition) is 0. The van der Waals surface area contributed by atoms with Gasteiger partial charge in [-0.05, 0) is 36.8 Å². The van der Waals surface area contributed by atoms with E-state index in [9.17, 15) is 12.8 Å². The predicted molar refractivity (Wildman–Crippen MR) is 81.6 cm³/mol. The van der Waals surface area contributed by atoms with Crippen LogP contribution in [0.5, 0.6) is 11.5 Å². The van der Waals surface area contributed by atoms with Crippen molar-refractivity contribution in [2.75, 3.05) is 12.5 Å². The lowest BCUT2D eigenvalue weighted by Gasteiger charge is -2.11. The Kier molecular flexibility index (Phi) is 5.26. The Morgan fingerprint density at radius 2 is 1.82 bits per heavy atom. The summed E-state index contributed by atoms with van der Waals surface area (Å²) >= 11 is 5.54. The normalized spacial score (nSPS) is 11.2. The first-order chi connectivity index (χ1) is 10.4. The predicted octanol–water partition coefficient (Wildman–Crippen LogP) is 3.52. The molecule has 0 heterocycles. The Bertz CT molecular complexity index is 762. The first kappa shape index (κ1) is 16.6. The molecule has 0 atom stereocenters. The Balaban J connectivity index is 2.30. The highest BCUT2D eigenvalue weighted by Gasteiger charge is 2.21. The summed E-state index contributed by atoms with van der Waals surface area (Å²) in [6.45, 7) is 2.04. The zero-order chi connectivity index (χ0) is 16.2. The van der Waals surface area contributed by atoms with Crippen molar-refractivity contribution in [3.63, 3.8) is 0 Å². The van der Waals surface area contributed by atoms with Crippen LogP contribution in [-0.4, -0.2) is 20.9 Å². The molecule has 0 saturated heterocycles. The van der Waals surface area contributed by atoms with E-state index < -0.39 is 20.8 Å². The lowest BCUT2D eigenvalue weighted by molar-refractivity contribution is 0.341. The van der Waals surface area contributed by atoms with Crippen LogP contribution in [0.4, 0.5) is 4.39 Å². The van der Waals surface area contributed by atoms with E-state index in [4.69, 9.17) is 20.5 Å². The van der Waals surface area contributed by atoms with Crippen molar-refractivity contribution in [3.8, 4) is 11.5 Å². The van der Waals surface area contributed by atoms with E-state index in [2.05, 4.69) is 0 Å². The van der Waals surface area contributed by atoms with Gasteiger partial charge in [-0.3, -0.25) is 0 Å². The van der Waals surface area contributed by atoms with Crippen molar-refractivity contribution in [2.24, 2.45) is 0 Å². The Labute approximate surface area is 133 Å². The summed E-state index contributed by atoms with van der Waals surface area (Å²) in [4.78, 5) is -0.514. The largest absolute Gasteiger partial charge is 0.492 e. The number of hydrogen-bond acceptors (Lipinski definition) is 4. The number of aryl methyl sites for hydroxylation is 1. The molecule has 0 unspecified atom stereocenters. The van der Waals surface area contributed by atoms with Gasteiger partial charge in [0.1, 0.15) is 28.8 Å². The van der Waals surface area contributed by atoms with E-state index in [1.54, 1.807) is 13.0 Å². The Morgan fingerprint density at radius 3 is 2.50 bits per heavy atom. The van der Waals surface area contributed by atoms with Crippen molar-refractivity contribution >= 4 is 21.7 Å². The Morgan fingerprint density at radius 1 is 1.14 bits per heavy atom. The van der Waals surface area contributed by atoms with E-state index in [1.807, 2.05) is 0 Å². The van der Waals surface area contributed by atoms with Crippen molar-refractivity contribution < 1.29 is 21.7 Å². The molecule has 118 valence electrons. The second-order valence-corrected chi connectivity index (χ2v) is 6.38. The fourth-order valence-corrected chi connectivity index (χ4v) is 2.89. The Hall–Kier alpha value is -1.79. The molecule has 0 aliphatic rings. The molecule has 2 rings (SSSR count). The van der Waals surface area contributed by atoms with E-state index in [1.165, 1.54) is 24.3 Å². The smallest absolute Gasteiger partial charge is 0.342 e. The van der Waals surface area contributed by atoms with Gasteiger partial charge in [-0.15, -0.1) is 11.6 Å². The molecule has 0 spiro atoms. The highest BCUT2D eigenvalue weighted by Crippen LogP contribution is 2.26. The van der Waals surface area contributed by atoms with Crippen LogP contribution in [0.15, 0.2) is 47.4 Å². The maximum atomic E-state index is 13.6. The van der Waals surface area contributed by atoms with Crippen LogP contribution in [0, 0.1) is 12.7 Å². The lowest BCUT2D eigenvalue weighted by atomic mass is 10.2. The van der Waals surface area contributed by atoms with Crippen molar-refractivity contribution in [3.05, 3.63) is 53.8 Å². The topological polar surface area (TPSA) is 52.6 Å². The second-order valence-electron chi connectivity index (χ2n) is 4.49. The molecule has 0 amide bonds. The SMILES string of the molecule is Cc1cc(OCCCl)cc(OS(=O)(=O)c2ccccc2F)c1. The fraction of sp³-hybridized carbons (Fsp3) is 0.200. The summed E-state index contributed by atoms with van der Waals surface area (Å²) in [5.74, 6) is -0.0848. The summed E-state index contributed by atoms with van der Waals surface area (Å²) in [7, 11) is -4.25. The van der Waals surface area contributed by atoms with Gasteiger partial charge >= 0.3 is 10.1 Å². The average Bonchev–Trinajstić information content (AvgIpc) is 2.44. The van der Waals surface area contributed by atoms with Crippen LogP contribution in [-0.2, 0) is 10.1 Å². The number of ether oxygens (including phenoxy) is 1. The van der Waals surface area contributed by atoms with Gasteiger partial charge in [-0.1, -0.05) is 12.1 Å². The molecular weight excluding hydrogens is 331 g/mol. The summed E-state index contributed by atoms with van der Waals surface area (Å²) in [5, 5.41) is 0. The molecule has 0 aliphatic heterocycles. The quantitative estimate of drug-likeness (QED) is 0.594. The molecule has 0 aromatic heterocycles. The minimum atomic E-state index is -4.25. The van der Waals surface area contributed by atoms with Gasteiger partial charge in [-0.25, -0.2) is 4.39 Å². The number of alkyl halides is 1. The average molecular weight is 345 g/mol. The molecular formula is C15H14ClFO4S. The van der Waals surface area contributed by atoms with E-state index in [0.717, 1.165) is 17.7 Å². The third-order valence-corrected chi connectivity index (χ3v) is 4.12. The zero-order valence-corrected chi connectivity index (χ0v) is 13.3. The van der Waals surface area contributed by atoms with Crippen LogP contribution < -0.4 is 8.92 Å². The first-order valence-corrected chi connectivity index (χ1v) is 8.36. The molecule has 0 fully saturated rings. The maximum absolute atomic E-state index is 13.6. The van der Waals surface area contributed by atoms with Crippen molar-refractivity contribution in [1.29, 1.82) is 0 Å². The van der Waals surface area contributed by atoms with Crippen LogP contribution in [0.25, 0.3) is 0 Å². The third-order valence-electron chi connectivity index (χ3n) is 2.68.